The Labute approximate surface area is 269 Å². The molecule has 0 aromatic carbocycles. The summed E-state index contributed by atoms with van der Waals surface area (Å²) >= 11 is 1.91. The highest BCUT2D eigenvalue weighted by atomic mass is 32.2. The number of nitrogens with zero attached hydrogens (tertiary/aromatic N) is 2. The summed E-state index contributed by atoms with van der Waals surface area (Å²) in [5.74, 6) is 0.887. The van der Waals surface area contributed by atoms with E-state index in [1.165, 1.54) is 0 Å². The molecule has 0 aliphatic carbocycles. The monoisotopic (exact) mass is 642 g/mol. The van der Waals surface area contributed by atoms with E-state index < -0.39 is 0 Å². The van der Waals surface area contributed by atoms with Gasteiger partial charge in [-0.2, -0.15) is 11.8 Å². The van der Waals surface area contributed by atoms with E-state index in [4.69, 9.17) is 14.2 Å². The number of hydrogen-bond acceptors (Lipinski definition) is 9. The molecule has 0 unspecified atom stereocenters. The molecule has 12 nitrogen and oxygen atoms in total. The second-order valence-electron chi connectivity index (χ2n) is 11.2. The third-order valence-electron chi connectivity index (χ3n) is 7.56. The average Bonchev–Trinajstić information content (AvgIpc) is 3.60. The predicted octanol–water partition coefficient (Wildman–Crippen LogP) is 2.85. The topological polar surface area (TPSA) is 153 Å². The van der Waals surface area contributed by atoms with Crippen molar-refractivity contribution < 1.29 is 28.6 Å². The van der Waals surface area contributed by atoms with Crippen molar-refractivity contribution in [3.05, 3.63) is 47.8 Å². The Bertz CT molecular complexity index is 1240. The van der Waals surface area contributed by atoms with Gasteiger partial charge in [0.1, 0.15) is 0 Å². The van der Waals surface area contributed by atoms with Gasteiger partial charge in [0.2, 0.25) is 5.91 Å². The van der Waals surface area contributed by atoms with Crippen LogP contribution in [0.25, 0.3) is 11.4 Å². The first-order chi connectivity index (χ1) is 22.0. The molecule has 3 atom stereocenters. The molecule has 4 N–H and O–H groups in total. The van der Waals surface area contributed by atoms with Crippen LogP contribution in [0.1, 0.15) is 54.4 Å². The van der Waals surface area contributed by atoms with Crippen LogP contribution < -0.4 is 21.3 Å². The predicted molar refractivity (Wildman–Crippen MR) is 173 cm³/mol. The molecule has 246 valence electrons. The lowest BCUT2D eigenvalue weighted by Crippen LogP contribution is -2.36. The first-order valence-corrected chi connectivity index (χ1v) is 16.9. The quantitative estimate of drug-likeness (QED) is 0.119. The summed E-state index contributed by atoms with van der Waals surface area (Å²) in [6, 6.07) is 7.72. The van der Waals surface area contributed by atoms with Crippen molar-refractivity contribution >= 4 is 29.6 Å². The Hall–Kier alpha value is -3.26. The molecule has 4 heterocycles. The third-order valence-corrected chi connectivity index (χ3v) is 9.07. The summed E-state index contributed by atoms with van der Waals surface area (Å²) in [5, 5.41) is 12.3. The molecule has 4 rings (SSSR count). The van der Waals surface area contributed by atoms with Crippen LogP contribution in [0.3, 0.4) is 0 Å². The number of carbonyl (C=O) groups is 3. The van der Waals surface area contributed by atoms with Crippen LogP contribution in [0.5, 0.6) is 0 Å². The fourth-order valence-electron chi connectivity index (χ4n) is 5.17. The van der Waals surface area contributed by atoms with Crippen LogP contribution in [0.2, 0.25) is 0 Å². The van der Waals surface area contributed by atoms with Gasteiger partial charge in [0, 0.05) is 61.7 Å². The smallest absolute Gasteiger partial charge is 0.315 e. The SMILES string of the molecule is Cc1ccnc(-c2cc(C(=O)NCCCOCCOCCOCCCNC(=O)CCCC[C@@H]3SC[C@@H]4NC(=O)N[C@@H]43)ccn2)c1. The zero-order valence-corrected chi connectivity index (χ0v) is 26.9. The number of unbranched alkanes of at least 4 members (excludes halogenated alkanes) is 1. The third kappa shape index (κ3) is 12.2. The van der Waals surface area contributed by atoms with Crippen LogP contribution in [-0.4, -0.2) is 104 Å². The van der Waals surface area contributed by atoms with Crippen molar-refractivity contribution in [1.82, 2.24) is 31.2 Å². The van der Waals surface area contributed by atoms with E-state index in [-0.39, 0.29) is 29.9 Å². The molecule has 0 saturated carbocycles. The molecule has 45 heavy (non-hydrogen) atoms. The lowest BCUT2D eigenvalue weighted by molar-refractivity contribution is -0.121. The van der Waals surface area contributed by atoms with Crippen molar-refractivity contribution in [2.75, 3.05) is 58.5 Å². The van der Waals surface area contributed by atoms with E-state index in [1.54, 1.807) is 24.5 Å². The number of aryl methyl sites for hydroxylation is 1. The van der Waals surface area contributed by atoms with Gasteiger partial charge < -0.3 is 35.5 Å². The lowest BCUT2D eigenvalue weighted by atomic mass is 10.0. The molecule has 2 fully saturated rings. The highest BCUT2D eigenvalue weighted by Gasteiger charge is 2.42. The summed E-state index contributed by atoms with van der Waals surface area (Å²) in [5.41, 5.74) is 3.04. The zero-order chi connectivity index (χ0) is 31.7. The van der Waals surface area contributed by atoms with Crippen molar-refractivity contribution in [1.29, 1.82) is 0 Å². The summed E-state index contributed by atoms with van der Waals surface area (Å²) in [4.78, 5) is 44.7. The molecular weight excluding hydrogens is 596 g/mol. The van der Waals surface area contributed by atoms with Crippen LogP contribution in [0, 0.1) is 6.92 Å². The number of rotatable bonds is 21. The van der Waals surface area contributed by atoms with Gasteiger partial charge >= 0.3 is 6.03 Å². The highest BCUT2D eigenvalue weighted by molar-refractivity contribution is 8.00. The summed E-state index contributed by atoms with van der Waals surface area (Å²) < 4.78 is 16.7. The van der Waals surface area contributed by atoms with Crippen LogP contribution in [0.15, 0.2) is 36.7 Å². The largest absolute Gasteiger partial charge is 0.379 e. The van der Waals surface area contributed by atoms with Gasteiger partial charge in [-0.25, -0.2) is 4.79 Å². The van der Waals surface area contributed by atoms with Crippen LogP contribution >= 0.6 is 11.8 Å². The molecule has 13 heteroatoms. The molecule has 2 saturated heterocycles. The molecule has 2 aromatic heterocycles. The van der Waals surface area contributed by atoms with Gasteiger partial charge in [0.05, 0.1) is 49.9 Å². The van der Waals surface area contributed by atoms with Gasteiger partial charge in [-0.3, -0.25) is 19.6 Å². The van der Waals surface area contributed by atoms with E-state index in [1.807, 2.05) is 30.8 Å². The Morgan fingerprint density at radius 3 is 2.27 bits per heavy atom. The minimum absolute atomic E-state index is 0.0575. The number of urea groups is 1. The zero-order valence-electron chi connectivity index (χ0n) is 26.1. The van der Waals surface area contributed by atoms with E-state index in [0.29, 0.717) is 82.1 Å². The fraction of sp³-hybridized carbons (Fsp3) is 0.594. The van der Waals surface area contributed by atoms with Gasteiger partial charge in [-0.05, 0) is 62.4 Å². The number of nitrogens with one attached hydrogen (secondary N) is 4. The molecule has 0 bridgehead atoms. The van der Waals surface area contributed by atoms with Gasteiger partial charge in [-0.15, -0.1) is 0 Å². The molecule has 2 aliphatic heterocycles. The molecule has 4 amide bonds. The van der Waals surface area contributed by atoms with E-state index in [0.717, 1.165) is 42.7 Å². The maximum Gasteiger partial charge on any atom is 0.315 e. The number of pyridine rings is 2. The Kier molecular flexibility index (Phi) is 14.8. The van der Waals surface area contributed by atoms with Gasteiger partial charge in [0.25, 0.3) is 5.91 Å². The molecular formula is C32H46N6O6S. The number of hydrogen-bond donors (Lipinski definition) is 4. The summed E-state index contributed by atoms with van der Waals surface area (Å²) in [6.07, 6.45) is 8.20. The maximum absolute atomic E-state index is 12.5. The van der Waals surface area contributed by atoms with E-state index in [9.17, 15) is 14.4 Å². The number of amides is 4. The summed E-state index contributed by atoms with van der Waals surface area (Å²) in [6.45, 7) is 6.12. The Morgan fingerprint density at radius 2 is 1.53 bits per heavy atom. The minimum Gasteiger partial charge on any atom is -0.379 e. The summed E-state index contributed by atoms with van der Waals surface area (Å²) in [7, 11) is 0. The minimum atomic E-state index is -0.153. The van der Waals surface area contributed by atoms with E-state index >= 15 is 0 Å². The standard InChI is InChI=1S/C32H46N6O6S/c1-23-8-12-33-25(20-23)26-21-24(9-13-34-26)31(40)36-11-5-15-43-17-19-44-18-16-42-14-4-10-35-29(39)7-3-2-6-28-30-27(22-45-28)37-32(41)38-30/h8-9,12-13,20-21,27-28,30H,2-7,10-11,14-19,22H2,1H3,(H,35,39)(H,36,40)(H2,37,38,41)/t27-,28-,30-/m0/s1. The van der Waals surface area contributed by atoms with Crippen LogP contribution in [0.4, 0.5) is 4.79 Å². The first kappa shape index (κ1) is 34.6. The number of carbonyl (C=O) groups excluding carboxylic acids is 3. The normalized spacial score (nSPS) is 18.7. The molecule has 0 radical (unpaired) electrons. The number of thioether (sulfide) groups is 1. The maximum atomic E-state index is 12.5. The van der Waals surface area contributed by atoms with Crippen molar-refractivity contribution in [2.45, 2.75) is 62.8 Å². The van der Waals surface area contributed by atoms with E-state index in [2.05, 4.69) is 31.2 Å². The van der Waals surface area contributed by atoms with Gasteiger partial charge in [-0.1, -0.05) is 6.42 Å². The average molecular weight is 643 g/mol. The number of aromatic nitrogens is 2. The highest BCUT2D eigenvalue weighted by Crippen LogP contribution is 2.33. The lowest BCUT2D eigenvalue weighted by Gasteiger charge is -2.16. The molecule has 2 aliphatic rings. The molecule has 2 aromatic rings. The van der Waals surface area contributed by atoms with Gasteiger partial charge in [0.15, 0.2) is 0 Å². The Balaban J connectivity index is 0.889. The van der Waals surface area contributed by atoms with Crippen molar-refractivity contribution in [3.8, 4) is 11.4 Å². The Morgan fingerprint density at radius 1 is 0.867 bits per heavy atom. The van der Waals surface area contributed by atoms with Crippen molar-refractivity contribution in [3.63, 3.8) is 0 Å². The number of fused-ring (bicyclic) bond motifs is 1. The van der Waals surface area contributed by atoms with Crippen LogP contribution in [-0.2, 0) is 19.0 Å². The number of ether oxygens (including phenoxy) is 3. The van der Waals surface area contributed by atoms with Crippen molar-refractivity contribution in [2.24, 2.45) is 0 Å². The molecule has 0 spiro atoms. The fourth-order valence-corrected chi connectivity index (χ4v) is 6.72. The first-order valence-electron chi connectivity index (χ1n) is 15.9. The second kappa shape index (κ2) is 19.3. The second-order valence-corrected chi connectivity index (χ2v) is 12.4.